The molecule has 0 heterocycles. The van der Waals surface area contributed by atoms with E-state index >= 15 is 0 Å². The summed E-state index contributed by atoms with van der Waals surface area (Å²) in [5.74, 6) is 1.06. The van der Waals surface area contributed by atoms with Gasteiger partial charge in [-0.25, -0.2) is 4.99 Å². The highest BCUT2D eigenvalue weighted by Gasteiger charge is 2.08. The average molecular weight is 459 g/mol. The molecule has 6 heteroatoms. The maximum atomic E-state index is 6.07. The van der Waals surface area contributed by atoms with Crippen molar-refractivity contribution in [2.45, 2.75) is 5.88 Å². The number of thiocarbonyl (C=S) groups is 1. The van der Waals surface area contributed by atoms with Crippen LogP contribution in [0.5, 0.6) is 0 Å². The molecule has 2 N–H and O–H groups in total. The fourth-order valence-electron chi connectivity index (χ4n) is 2.43. The van der Waals surface area contributed by atoms with Gasteiger partial charge in [0.2, 0.25) is 0 Å². The second kappa shape index (κ2) is 9.65. The van der Waals surface area contributed by atoms with Crippen molar-refractivity contribution in [1.29, 1.82) is 0 Å². The molecule has 3 nitrogen and oxygen atoms in total. The van der Waals surface area contributed by atoms with E-state index in [1.807, 2.05) is 78.9 Å². The Kier molecular flexibility index (Phi) is 6.98. The number of alkyl halides is 1. The second-order valence-corrected chi connectivity index (χ2v) is 7.25. The van der Waals surface area contributed by atoms with Gasteiger partial charge in [0.15, 0.2) is 5.11 Å². The summed E-state index contributed by atoms with van der Waals surface area (Å²) in [5.41, 5.74) is 3.71. The first-order valence-electron chi connectivity index (χ1n) is 8.27. The number of nitrogens with one attached hydrogen (secondary N) is 2. The highest BCUT2D eigenvalue weighted by Crippen LogP contribution is 2.19. The van der Waals surface area contributed by atoms with Crippen LogP contribution in [0.25, 0.3) is 0 Å². The van der Waals surface area contributed by atoms with Gasteiger partial charge in [-0.05, 0) is 48.1 Å². The number of amidine groups is 1. The van der Waals surface area contributed by atoms with Crippen molar-refractivity contribution in [2.24, 2.45) is 4.99 Å². The van der Waals surface area contributed by atoms with Gasteiger partial charge >= 0.3 is 0 Å². The van der Waals surface area contributed by atoms with Gasteiger partial charge in [-0.2, -0.15) is 0 Å². The van der Waals surface area contributed by atoms with Crippen LogP contribution in [-0.4, -0.2) is 10.9 Å². The summed E-state index contributed by atoms with van der Waals surface area (Å²) >= 11 is 14.9. The van der Waals surface area contributed by atoms with E-state index < -0.39 is 0 Å². The number of benzene rings is 3. The molecule has 0 aliphatic rings. The Morgan fingerprint density at radius 3 is 2.26 bits per heavy atom. The number of hydrogen-bond donors (Lipinski definition) is 2. The molecule has 136 valence electrons. The maximum absolute atomic E-state index is 6.07. The first kappa shape index (κ1) is 19.5. The Labute approximate surface area is 177 Å². The fourth-order valence-corrected chi connectivity index (χ4v) is 3.14. The van der Waals surface area contributed by atoms with E-state index in [-0.39, 0.29) is 0 Å². The minimum atomic E-state index is 0.368. The molecule has 0 aromatic heterocycles. The molecule has 0 fully saturated rings. The van der Waals surface area contributed by atoms with Crippen molar-refractivity contribution >= 4 is 62.1 Å². The van der Waals surface area contributed by atoms with E-state index in [4.69, 9.17) is 23.8 Å². The van der Waals surface area contributed by atoms with Crippen molar-refractivity contribution in [3.63, 3.8) is 0 Å². The van der Waals surface area contributed by atoms with Gasteiger partial charge in [0.05, 0.1) is 0 Å². The quantitative estimate of drug-likeness (QED) is 0.204. The SMILES string of the molecule is S=C(/N=C(/Nc1ccccc1CCl)c1ccccc1)Nc1ccc(Br)cc1. The molecule has 27 heavy (non-hydrogen) atoms. The summed E-state index contributed by atoms with van der Waals surface area (Å²) in [6.45, 7) is 0. The Hall–Kier alpha value is -2.21. The van der Waals surface area contributed by atoms with E-state index in [2.05, 4.69) is 31.6 Å². The van der Waals surface area contributed by atoms with Crippen LogP contribution in [-0.2, 0) is 5.88 Å². The lowest BCUT2D eigenvalue weighted by Crippen LogP contribution is -2.19. The zero-order valence-electron chi connectivity index (χ0n) is 14.3. The summed E-state index contributed by atoms with van der Waals surface area (Å²) in [6.07, 6.45) is 0. The summed E-state index contributed by atoms with van der Waals surface area (Å²) in [5, 5.41) is 6.88. The summed E-state index contributed by atoms with van der Waals surface area (Å²) in [4.78, 5) is 4.61. The monoisotopic (exact) mass is 457 g/mol. The molecule has 0 bridgehead atoms. The molecular formula is C21H17BrClN3S. The average Bonchev–Trinajstić information content (AvgIpc) is 2.70. The molecule has 3 rings (SSSR count). The van der Waals surface area contributed by atoms with Crippen LogP contribution in [0.15, 0.2) is 88.3 Å². The van der Waals surface area contributed by atoms with Gasteiger partial charge in [-0.3, -0.25) is 0 Å². The largest absolute Gasteiger partial charge is 0.339 e. The van der Waals surface area contributed by atoms with Crippen LogP contribution in [0.2, 0.25) is 0 Å². The molecule has 0 radical (unpaired) electrons. The molecule has 3 aromatic carbocycles. The lowest BCUT2D eigenvalue weighted by molar-refractivity contribution is 1.39. The Morgan fingerprint density at radius 2 is 1.56 bits per heavy atom. The Bertz CT molecular complexity index is 943. The smallest absolute Gasteiger partial charge is 0.199 e. The van der Waals surface area contributed by atoms with Crippen LogP contribution in [0, 0.1) is 0 Å². The lowest BCUT2D eigenvalue weighted by atomic mass is 10.1. The Balaban J connectivity index is 1.88. The second-order valence-electron chi connectivity index (χ2n) is 5.68. The standard InChI is InChI=1S/C21H17BrClN3S/c22-17-10-12-18(13-11-17)24-21(27)26-20(15-6-2-1-3-7-15)25-19-9-5-4-8-16(19)14-23/h1-13H,14H2,(H2,24,25,26,27). The highest BCUT2D eigenvalue weighted by atomic mass is 79.9. The molecule has 3 aromatic rings. The van der Waals surface area contributed by atoms with Crippen LogP contribution >= 0.6 is 39.7 Å². The van der Waals surface area contributed by atoms with Gasteiger partial charge in [0.1, 0.15) is 5.84 Å². The first-order chi connectivity index (χ1) is 13.2. The topological polar surface area (TPSA) is 36.4 Å². The molecule has 0 unspecified atom stereocenters. The number of aliphatic imine (C=N–C) groups is 1. The molecule has 0 spiro atoms. The first-order valence-corrected chi connectivity index (χ1v) is 10.0. The molecule has 0 amide bonds. The zero-order chi connectivity index (χ0) is 19.1. The number of halogens is 2. The van der Waals surface area contributed by atoms with Gasteiger partial charge in [-0.15, -0.1) is 11.6 Å². The molecule has 0 saturated carbocycles. The highest BCUT2D eigenvalue weighted by molar-refractivity contribution is 9.10. The van der Waals surface area contributed by atoms with E-state index in [1.54, 1.807) is 0 Å². The van der Waals surface area contributed by atoms with Crippen LogP contribution in [0.1, 0.15) is 11.1 Å². The normalized spacial score (nSPS) is 11.1. The molecule has 0 aliphatic carbocycles. The van der Waals surface area contributed by atoms with Crippen LogP contribution in [0.3, 0.4) is 0 Å². The molecule has 0 atom stereocenters. The predicted molar refractivity (Wildman–Crippen MR) is 123 cm³/mol. The number of para-hydroxylation sites is 1. The summed E-state index contributed by atoms with van der Waals surface area (Å²) < 4.78 is 1.01. The van der Waals surface area contributed by atoms with Crippen molar-refractivity contribution in [2.75, 3.05) is 10.6 Å². The summed E-state index contributed by atoms with van der Waals surface area (Å²) in [6, 6.07) is 25.5. The van der Waals surface area contributed by atoms with Crippen molar-refractivity contribution in [1.82, 2.24) is 0 Å². The van der Waals surface area contributed by atoms with E-state index in [9.17, 15) is 0 Å². The van der Waals surface area contributed by atoms with Gasteiger partial charge in [0.25, 0.3) is 0 Å². The van der Waals surface area contributed by atoms with E-state index in [0.717, 1.165) is 27.0 Å². The molecular weight excluding hydrogens is 442 g/mol. The third kappa shape index (κ3) is 5.63. The number of anilines is 2. The van der Waals surface area contributed by atoms with Crippen molar-refractivity contribution in [3.8, 4) is 0 Å². The minimum absolute atomic E-state index is 0.368. The van der Waals surface area contributed by atoms with Crippen LogP contribution < -0.4 is 10.6 Å². The zero-order valence-corrected chi connectivity index (χ0v) is 17.5. The van der Waals surface area contributed by atoms with Crippen molar-refractivity contribution < 1.29 is 0 Å². The van der Waals surface area contributed by atoms with Gasteiger partial charge in [0, 0.05) is 27.3 Å². The number of hydrogen-bond acceptors (Lipinski definition) is 1. The van der Waals surface area contributed by atoms with E-state index in [0.29, 0.717) is 16.8 Å². The third-order valence-electron chi connectivity index (χ3n) is 3.77. The summed E-state index contributed by atoms with van der Waals surface area (Å²) in [7, 11) is 0. The van der Waals surface area contributed by atoms with Crippen molar-refractivity contribution in [3.05, 3.63) is 94.5 Å². The third-order valence-corrected chi connectivity index (χ3v) is 4.78. The van der Waals surface area contributed by atoms with Crippen LogP contribution in [0.4, 0.5) is 11.4 Å². The molecule has 0 saturated heterocycles. The minimum Gasteiger partial charge on any atom is -0.339 e. The lowest BCUT2D eigenvalue weighted by Gasteiger charge is -2.14. The maximum Gasteiger partial charge on any atom is 0.199 e. The van der Waals surface area contributed by atoms with Gasteiger partial charge < -0.3 is 10.6 Å². The Morgan fingerprint density at radius 1 is 0.889 bits per heavy atom. The number of nitrogens with zero attached hydrogens (tertiary/aromatic N) is 1. The fraction of sp³-hybridized carbons (Fsp3) is 0.0476. The predicted octanol–water partition coefficient (Wildman–Crippen LogP) is 6.44. The number of rotatable bonds is 4. The van der Waals surface area contributed by atoms with Gasteiger partial charge in [-0.1, -0.05) is 64.5 Å². The van der Waals surface area contributed by atoms with E-state index in [1.165, 1.54) is 0 Å². The molecule has 0 aliphatic heterocycles.